The Morgan fingerprint density at radius 1 is 0.526 bits per heavy atom. The third-order valence-electron chi connectivity index (χ3n) is 6.76. The van der Waals surface area contributed by atoms with E-state index in [0.29, 0.717) is 25.0 Å². The predicted octanol–water partition coefficient (Wildman–Crippen LogP) is 6.80. The van der Waals surface area contributed by atoms with Gasteiger partial charge in [-0.25, -0.2) is 0 Å². The average Bonchev–Trinajstić information content (AvgIpc) is 3.59. The van der Waals surface area contributed by atoms with Gasteiger partial charge in [-0.05, 0) is 58.7 Å². The van der Waals surface area contributed by atoms with Crippen LogP contribution in [-0.4, -0.2) is 19.3 Å². The van der Waals surface area contributed by atoms with Crippen molar-refractivity contribution in [3.8, 4) is 34.3 Å². The fourth-order valence-corrected chi connectivity index (χ4v) is 4.64. The van der Waals surface area contributed by atoms with Crippen molar-refractivity contribution in [3.05, 3.63) is 121 Å². The van der Waals surface area contributed by atoms with Gasteiger partial charge in [0.15, 0.2) is 0 Å². The number of hydrogen-bond acceptors (Lipinski definition) is 4. The molecule has 0 saturated heterocycles. The number of aromatic nitrogens is 4. The number of hydrogen-bond donors (Lipinski definition) is 0. The van der Waals surface area contributed by atoms with Crippen LogP contribution >= 0.6 is 0 Å². The van der Waals surface area contributed by atoms with Crippen molar-refractivity contribution < 1.29 is 9.47 Å². The molecule has 6 aromatic rings. The summed E-state index contributed by atoms with van der Waals surface area (Å²) >= 11 is 0. The van der Waals surface area contributed by atoms with Crippen LogP contribution in [0, 0.1) is 0 Å². The lowest BCUT2D eigenvalue weighted by molar-refractivity contribution is 0.278. The molecular formula is C32H28N4O2. The van der Waals surface area contributed by atoms with Crippen molar-refractivity contribution in [1.29, 1.82) is 0 Å². The van der Waals surface area contributed by atoms with Crippen molar-refractivity contribution in [2.24, 2.45) is 14.1 Å². The largest absolute Gasteiger partial charge is 0.471 e. The molecule has 0 bridgehead atoms. The van der Waals surface area contributed by atoms with Gasteiger partial charge in [0.25, 0.3) is 0 Å². The Kier molecular flexibility index (Phi) is 6.36. The minimum absolute atomic E-state index is 0.403. The van der Waals surface area contributed by atoms with E-state index in [1.807, 2.05) is 62.9 Å². The summed E-state index contributed by atoms with van der Waals surface area (Å²) in [6, 6.07) is 33.0. The molecule has 0 radical (unpaired) electrons. The van der Waals surface area contributed by atoms with Crippen LogP contribution in [0.5, 0.6) is 11.8 Å². The van der Waals surface area contributed by atoms with Crippen molar-refractivity contribution >= 4 is 10.8 Å². The molecule has 0 spiro atoms. The summed E-state index contributed by atoms with van der Waals surface area (Å²) in [6.45, 7) is 0.805. The molecule has 0 amide bonds. The second-order valence-electron chi connectivity index (χ2n) is 9.34. The molecule has 188 valence electrons. The Bertz CT molecular complexity index is 1560. The van der Waals surface area contributed by atoms with Crippen LogP contribution < -0.4 is 9.47 Å². The molecule has 0 aliphatic carbocycles. The SMILES string of the molecule is Cn1cccc1-c1ccc(COc2nnc(OCc3ccc(-c4cccn4C)cc3)c3ccccc23)cc1. The van der Waals surface area contributed by atoms with Gasteiger partial charge in [-0.3, -0.25) is 0 Å². The van der Waals surface area contributed by atoms with Gasteiger partial charge in [0.05, 0.1) is 10.8 Å². The number of nitrogens with zero attached hydrogens (tertiary/aromatic N) is 4. The highest BCUT2D eigenvalue weighted by Gasteiger charge is 2.12. The van der Waals surface area contributed by atoms with Crippen molar-refractivity contribution in [2.75, 3.05) is 0 Å². The van der Waals surface area contributed by atoms with Gasteiger partial charge in [0.1, 0.15) is 13.2 Å². The van der Waals surface area contributed by atoms with Crippen molar-refractivity contribution in [3.63, 3.8) is 0 Å². The zero-order valence-corrected chi connectivity index (χ0v) is 21.4. The summed E-state index contributed by atoms with van der Waals surface area (Å²) < 4.78 is 16.4. The molecule has 3 aromatic heterocycles. The lowest BCUT2D eigenvalue weighted by Crippen LogP contribution is -2.03. The normalized spacial score (nSPS) is 11.1. The molecule has 6 nitrogen and oxygen atoms in total. The van der Waals surface area contributed by atoms with Crippen molar-refractivity contribution in [1.82, 2.24) is 19.3 Å². The fourth-order valence-electron chi connectivity index (χ4n) is 4.64. The Labute approximate surface area is 221 Å². The van der Waals surface area contributed by atoms with E-state index in [1.165, 1.54) is 22.5 Å². The molecule has 0 N–H and O–H groups in total. The Balaban J connectivity index is 1.15. The first-order chi connectivity index (χ1) is 18.7. The van der Waals surface area contributed by atoms with Crippen LogP contribution in [0.3, 0.4) is 0 Å². The first-order valence-electron chi connectivity index (χ1n) is 12.6. The molecule has 3 heterocycles. The summed E-state index contributed by atoms with van der Waals surface area (Å²) in [5.74, 6) is 0.984. The van der Waals surface area contributed by atoms with Gasteiger partial charge in [-0.15, -0.1) is 10.2 Å². The standard InChI is InChI=1S/C32H28N4O2/c1-35-19-5-9-29(35)25-15-11-23(12-16-25)21-37-31-27-7-3-4-8-28(27)32(34-33-31)38-22-24-13-17-26(18-14-24)30-10-6-20-36(30)2/h3-20H,21-22H2,1-2H3. The average molecular weight is 501 g/mol. The minimum atomic E-state index is 0.403. The topological polar surface area (TPSA) is 54.1 Å². The molecule has 38 heavy (non-hydrogen) atoms. The van der Waals surface area contributed by atoms with E-state index in [-0.39, 0.29) is 0 Å². The second-order valence-corrected chi connectivity index (χ2v) is 9.34. The Morgan fingerprint density at radius 3 is 1.32 bits per heavy atom. The number of aryl methyl sites for hydroxylation is 2. The molecule has 3 aromatic carbocycles. The van der Waals surface area contributed by atoms with Gasteiger partial charge in [-0.2, -0.15) is 0 Å². The lowest BCUT2D eigenvalue weighted by atomic mass is 10.1. The van der Waals surface area contributed by atoms with Gasteiger partial charge < -0.3 is 18.6 Å². The van der Waals surface area contributed by atoms with Crippen LogP contribution in [0.4, 0.5) is 0 Å². The zero-order valence-electron chi connectivity index (χ0n) is 21.4. The van der Waals surface area contributed by atoms with Crippen molar-refractivity contribution in [2.45, 2.75) is 13.2 Å². The van der Waals surface area contributed by atoms with Gasteiger partial charge in [-0.1, -0.05) is 60.7 Å². The van der Waals surface area contributed by atoms with Gasteiger partial charge >= 0.3 is 0 Å². The summed E-state index contributed by atoms with van der Waals surface area (Å²) in [6.07, 6.45) is 4.09. The molecule has 0 aliphatic rings. The van der Waals surface area contributed by atoms with E-state index in [4.69, 9.17) is 9.47 Å². The molecular weight excluding hydrogens is 472 g/mol. The van der Waals surface area contributed by atoms with E-state index in [9.17, 15) is 0 Å². The third-order valence-corrected chi connectivity index (χ3v) is 6.76. The maximum atomic E-state index is 6.10. The highest BCUT2D eigenvalue weighted by atomic mass is 16.5. The third kappa shape index (κ3) is 4.76. The van der Waals surface area contributed by atoms with E-state index < -0.39 is 0 Å². The van der Waals surface area contributed by atoms with E-state index >= 15 is 0 Å². The summed E-state index contributed by atoms with van der Waals surface area (Å²) in [5.41, 5.74) is 6.82. The van der Waals surface area contributed by atoms with Crippen LogP contribution in [0.1, 0.15) is 11.1 Å². The summed E-state index contributed by atoms with van der Waals surface area (Å²) in [7, 11) is 4.09. The molecule has 0 atom stereocenters. The molecule has 0 saturated carbocycles. The molecule has 6 heteroatoms. The summed E-state index contributed by atoms with van der Waals surface area (Å²) in [5, 5.41) is 10.5. The quantitative estimate of drug-likeness (QED) is 0.231. The minimum Gasteiger partial charge on any atom is -0.471 e. The van der Waals surface area contributed by atoms with E-state index in [0.717, 1.165) is 21.9 Å². The lowest BCUT2D eigenvalue weighted by Gasteiger charge is -2.12. The van der Waals surface area contributed by atoms with E-state index in [1.54, 1.807) is 0 Å². The smallest absolute Gasteiger partial charge is 0.242 e. The molecule has 6 rings (SSSR count). The highest BCUT2D eigenvalue weighted by Crippen LogP contribution is 2.30. The first kappa shape index (κ1) is 23.6. The Morgan fingerprint density at radius 2 is 0.947 bits per heavy atom. The zero-order chi connectivity index (χ0) is 25.9. The Hall–Kier alpha value is -4.84. The maximum absolute atomic E-state index is 6.10. The van der Waals surface area contributed by atoms with Crippen LogP contribution in [0.15, 0.2) is 109 Å². The van der Waals surface area contributed by atoms with Crippen LogP contribution in [-0.2, 0) is 27.3 Å². The number of ether oxygens (including phenoxy) is 2. The number of fused-ring (bicyclic) bond motifs is 1. The highest BCUT2D eigenvalue weighted by molar-refractivity contribution is 5.90. The number of benzene rings is 3. The monoisotopic (exact) mass is 500 g/mol. The van der Waals surface area contributed by atoms with Crippen LogP contribution in [0.2, 0.25) is 0 Å². The molecule has 0 fully saturated rings. The molecule has 0 aliphatic heterocycles. The number of rotatable bonds is 8. The molecule has 0 unspecified atom stereocenters. The van der Waals surface area contributed by atoms with Gasteiger partial charge in [0, 0.05) is 37.9 Å². The van der Waals surface area contributed by atoms with Crippen LogP contribution in [0.25, 0.3) is 33.3 Å². The van der Waals surface area contributed by atoms with Gasteiger partial charge in [0.2, 0.25) is 11.8 Å². The fraction of sp³-hybridized carbons (Fsp3) is 0.125. The van der Waals surface area contributed by atoms with E-state index in [2.05, 4.69) is 80.0 Å². The predicted molar refractivity (Wildman–Crippen MR) is 150 cm³/mol. The summed E-state index contributed by atoms with van der Waals surface area (Å²) in [4.78, 5) is 0. The first-order valence-corrected chi connectivity index (χ1v) is 12.6. The second kappa shape index (κ2) is 10.3. The maximum Gasteiger partial charge on any atom is 0.242 e.